The van der Waals surface area contributed by atoms with Crippen molar-refractivity contribution < 1.29 is 14.5 Å². The summed E-state index contributed by atoms with van der Waals surface area (Å²) in [6, 6.07) is 5.23. The minimum atomic E-state index is -0.620. The number of carbonyl (C=O) groups excluding carboxylic acids is 1. The molecule has 6 nitrogen and oxygen atoms in total. The van der Waals surface area contributed by atoms with Crippen LogP contribution in [0.1, 0.15) is 12.0 Å². The molecule has 1 rings (SSSR count). The number of esters is 1. The van der Waals surface area contributed by atoms with Gasteiger partial charge in [0.1, 0.15) is 12.6 Å². The first-order valence-corrected chi connectivity index (χ1v) is 7.08. The number of carbonyl (C=O) groups is 1. The summed E-state index contributed by atoms with van der Waals surface area (Å²) < 4.78 is 5.04. The summed E-state index contributed by atoms with van der Waals surface area (Å²) in [4.78, 5) is 21.5. The van der Waals surface area contributed by atoms with Crippen LogP contribution in [0.2, 0.25) is 0 Å². The van der Waals surface area contributed by atoms with Crippen LogP contribution >= 0.6 is 24.2 Å². The third-order valence-electron chi connectivity index (χ3n) is 2.46. The van der Waals surface area contributed by atoms with Gasteiger partial charge in [-0.1, -0.05) is 0 Å². The third-order valence-corrected chi connectivity index (χ3v) is 3.11. The summed E-state index contributed by atoms with van der Waals surface area (Å²) in [5, 5.41) is 10.5. The Bertz CT molecular complexity index is 442. The first kappa shape index (κ1) is 18.7. The minimum absolute atomic E-state index is 0. The highest BCUT2D eigenvalue weighted by molar-refractivity contribution is 7.98. The van der Waals surface area contributed by atoms with Gasteiger partial charge in [-0.05, 0) is 36.1 Å². The maximum absolute atomic E-state index is 11.5. The van der Waals surface area contributed by atoms with Gasteiger partial charge in [-0.25, -0.2) is 0 Å². The molecule has 0 fully saturated rings. The number of nitrogens with two attached hydrogens (primary N) is 1. The Morgan fingerprint density at radius 1 is 1.45 bits per heavy atom. The van der Waals surface area contributed by atoms with Crippen molar-refractivity contribution in [1.82, 2.24) is 0 Å². The average molecular weight is 321 g/mol. The van der Waals surface area contributed by atoms with Crippen molar-refractivity contribution in [3.8, 4) is 0 Å². The summed E-state index contributed by atoms with van der Waals surface area (Å²) in [7, 11) is 0. The van der Waals surface area contributed by atoms with E-state index in [0.29, 0.717) is 12.0 Å². The van der Waals surface area contributed by atoms with Crippen LogP contribution in [0.15, 0.2) is 24.3 Å². The van der Waals surface area contributed by atoms with Gasteiger partial charge >= 0.3 is 5.97 Å². The van der Waals surface area contributed by atoms with Crippen molar-refractivity contribution in [3.63, 3.8) is 0 Å². The van der Waals surface area contributed by atoms with Crippen molar-refractivity contribution in [2.45, 2.75) is 19.1 Å². The zero-order valence-corrected chi connectivity index (χ0v) is 12.6. The van der Waals surface area contributed by atoms with Crippen LogP contribution in [-0.4, -0.2) is 28.9 Å². The fraction of sp³-hybridized carbons (Fsp3) is 0.417. The van der Waals surface area contributed by atoms with Gasteiger partial charge in [0.25, 0.3) is 5.69 Å². The number of nitro benzene ring substituents is 1. The van der Waals surface area contributed by atoms with Gasteiger partial charge in [-0.3, -0.25) is 14.9 Å². The SMILES string of the molecule is CSCC[C@H](N)C(=O)OCc1ccc([N+](=O)[O-])cc1.Cl. The number of hydrogen-bond acceptors (Lipinski definition) is 6. The lowest BCUT2D eigenvalue weighted by atomic mass is 10.2. The molecule has 0 unspecified atom stereocenters. The van der Waals surface area contributed by atoms with Gasteiger partial charge in [0.05, 0.1) is 4.92 Å². The van der Waals surface area contributed by atoms with Gasteiger partial charge in [-0.2, -0.15) is 11.8 Å². The normalized spacial score (nSPS) is 11.3. The molecule has 0 aromatic heterocycles. The molecule has 0 saturated carbocycles. The Morgan fingerprint density at radius 3 is 2.55 bits per heavy atom. The van der Waals surface area contributed by atoms with Crippen molar-refractivity contribution in [1.29, 1.82) is 0 Å². The number of benzene rings is 1. The Kier molecular flexibility index (Phi) is 8.94. The summed E-state index contributed by atoms with van der Waals surface area (Å²) in [5.41, 5.74) is 6.35. The molecule has 1 aromatic carbocycles. The molecule has 0 radical (unpaired) electrons. The Hall–Kier alpha value is -1.31. The van der Waals surface area contributed by atoms with Crippen molar-refractivity contribution in [2.75, 3.05) is 12.0 Å². The lowest BCUT2D eigenvalue weighted by Crippen LogP contribution is -2.32. The molecule has 1 atom stereocenters. The number of nitro groups is 1. The minimum Gasteiger partial charge on any atom is -0.460 e. The van der Waals surface area contributed by atoms with Gasteiger partial charge < -0.3 is 10.5 Å². The number of ether oxygens (including phenoxy) is 1. The highest BCUT2D eigenvalue weighted by Crippen LogP contribution is 2.12. The number of rotatable bonds is 7. The molecule has 0 saturated heterocycles. The van der Waals surface area contributed by atoms with E-state index in [2.05, 4.69) is 0 Å². The Morgan fingerprint density at radius 2 is 2.05 bits per heavy atom. The standard InChI is InChI=1S/C12H16N2O4S.ClH/c1-19-7-6-11(13)12(15)18-8-9-2-4-10(5-3-9)14(16)17;/h2-5,11H,6-8,13H2,1H3;1H/t11-;/m0./s1. The average Bonchev–Trinajstić information content (AvgIpc) is 2.42. The Labute approximate surface area is 127 Å². The summed E-state index contributed by atoms with van der Waals surface area (Å²) in [6.45, 7) is 0.0732. The van der Waals surface area contributed by atoms with E-state index in [1.807, 2.05) is 6.26 Å². The van der Waals surface area contributed by atoms with E-state index in [4.69, 9.17) is 10.5 Å². The Balaban J connectivity index is 0.00000361. The van der Waals surface area contributed by atoms with Crippen LogP contribution in [0.3, 0.4) is 0 Å². The van der Waals surface area contributed by atoms with Gasteiger partial charge in [0.2, 0.25) is 0 Å². The first-order chi connectivity index (χ1) is 9.04. The molecule has 0 spiro atoms. The van der Waals surface area contributed by atoms with Crippen molar-refractivity contribution in [2.24, 2.45) is 5.73 Å². The quantitative estimate of drug-likeness (QED) is 0.470. The zero-order valence-electron chi connectivity index (χ0n) is 11.0. The van der Waals surface area contributed by atoms with E-state index in [1.165, 1.54) is 12.1 Å². The maximum atomic E-state index is 11.5. The number of hydrogen-bond donors (Lipinski definition) is 1. The highest BCUT2D eigenvalue weighted by Gasteiger charge is 2.14. The molecule has 0 heterocycles. The zero-order chi connectivity index (χ0) is 14.3. The molecular formula is C12H17ClN2O4S. The van der Waals surface area contributed by atoms with Gasteiger partial charge in [0.15, 0.2) is 0 Å². The van der Waals surface area contributed by atoms with E-state index in [1.54, 1.807) is 23.9 Å². The maximum Gasteiger partial charge on any atom is 0.323 e. The van der Waals surface area contributed by atoms with Crippen LogP contribution in [0.5, 0.6) is 0 Å². The number of nitrogens with zero attached hydrogens (tertiary/aromatic N) is 1. The lowest BCUT2D eigenvalue weighted by Gasteiger charge is -2.10. The molecule has 0 aliphatic heterocycles. The molecule has 0 amide bonds. The van der Waals surface area contributed by atoms with Crippen LogP contribution in [0, 0.1) is 10.1 Å². The van der Waals surface area contributed by atoms with E-state index in [-0.39, 0.29) is 24.7 Å². The summed E-state index contributed by atoms with van der Waals surface area (Å²) >= 11 is 1.61. The predicted octanol–water partition coefficient (Wildman–Crippen LogP) is 2.14. The second-order valence-electron chi connectivity index (χ2n) is 3.92. The molecule has 1 aromatic rings. The summed E-state index contributed by atoms with van der Waals surface area (Å²) in [6.07, 6.45) is 2.51. The smallest absolute Gasteiger partial charge is 0.323 e. The molecule has 0 bridgehead atoms. The molecule has 112 valence electrons. The highest BCUT2D eigenvalue weighted by atomic mass is 35.5. The first-order valence-electron chi connectivity index (χ1n) is 5.69. The van der Waals surface area contributed by atoms with Crippen LogP contribution in [0.4, 0.5) is 5.69 Å². The fourth-order valence-corrected chi connectivity index (χ4v) is 1.83. The fourth-order valence-electron chi connectivity index (χ4n) is 1.34. The molecule has 8 heteroatoms. The van der Waals surface area contributed by atoms with E-state index in [0.717, 1.165) is 5.75 Å². The number of thioether (sulfide) groups is 1. The number of halogens is 1. The van der Waals surface area contributed by atoms with Crippen LogP contribution < -0.4 is 5.73 Å². The molecule has 0 aliphatic rings. The van der Waals surface area contributed by atoms with Crippen LogP contribution in [-0.2, 0) is 16.1 Å². The van der Waals surface area contributed by atoms with E-state index >= 15 is 0 Å². The molecular weight excluding hydrogens is 304 g/mol. The largest absolute Gasteiger partial charge is 0.460 e. The molecule has 0 aliphatic carbocycles. The van der Waals surface area contributed by atoms with E-state index < -0.39 is 16.9 Å². The lowest BCUT2D eigenvalue weighted by molar-refractivity contribution is -0.384. The second-order valence-corrected chi connectivity index (χ2v) is 4.90. The van der Waals surface area contributed by atoms with Gasteiger partial charge in [-0.15, -0.1) is 12.4 Å². The topological polar surface area (TPSA) is 95.5 Å². The molecule has 2 N–H and O–H groups in total. The second kappa shape index (κ2) is 9.57. The van der Waals surface area contributed by atoms with Crippen molar-refractivity contribution >= 4 is 35.8 Å². The van der Waals surface area contributed by atoms with Gasteiger partial charge in [0, 0.05) is 12.1 Å². The molecule has 20 heavy (non-hydrogen) atoms. The number of non-ortho nitro benzene ring substituents is 1. The van der Waals surface area contributed by atoms with Crippen molar-refractivity contribution in [3.05, 3.63) is 39.9 Å². The monoisotopic (exact) mass is 320 g/mol. The summed E-state index contributed by atoms with van der Waals surface area (Å²) in [5.74, 6) is 0.348. The van der Waals surface area contributed by atoms with Crippen LogP contribution in [0.25, 0.3) is 0 Å². The predicted molar refractivity (Wildman–Crippen MR) is 81.1 cm³/mol. The third kappa shape index (κ3) is 6.23. The van der Waals surface area contributed by atoms with E-state index in [9.17, 15) is 14.9 Å².